The third-order valence-electron chi connectivity index (χ3n) is 4.02. The van der Waals surface area contributed by atoms with Crippen LogP contribution >= 0.6 is 0 Å². The van der Waals surface area contributed by atoms with Crippen LogP contribution in [0.3, 0.4) is 0 Å². The number of rotatable bonds is 5. The zero-order valence-corrected chi connectivity index (χ0v) is 13.8. The fourth-order valence-electron chi connectivity index (χ4n) is 2.74. The van der Waals surface area contributed by atoms with E-state index in [9.17, 15) is 0 Å². The Balaban J connectivity index is 1.95. The van der Waals surface area contributed by atoms with Gasteiger partial charge in [-0.3, -0.25) is 4.99 Å². The number of aliphatic imine (C=N–C) groups is 1. The molecular weight excluding hydrogens is 274 g/mol. The number of nitrogens with zero attached hydrogens (tertiary/aromatic N) is 1. The summed E-state index contributed by atoms with van der Waals surface area (Å²) in [5.41, 5.74) is 9.33. The largest absolute Gasteiger partial charge is 0.374 e. The van der Waals surface area contributed by atoms with E-state index >= 15 is 0 Å². The predicted octanol–water partition coefficient (Wildman–Crippen LogP) is 3.52. The summed E-state index contributed by atoms with van der Waals surface area (Å²) in [5.74, 6) is 1.32. The SMILES string of the molecule is C=C(C)C1OCCC1CN=C(N)Nc1cccc(C(C)C)c1. The van der Waals surface area contributed by atoms with E-state index in [1.54, 1.807) is 0 Å². The monoisotopic (exact) mass is 301 g/mol. The number of nitrogens with two attached hydrogens (primary N) is 1. The molecule has 1 fully saturated rings. The standard InChI is InChI=1S/C18H27N3O/c1-12(2)14-6-5-7-16(10-14)21-18(19)20-11-15-8-9-22-17(15)13(3)4/h5-7,10,12,15,17H,3,8-9,11H2,1-2,4H3,(H3,19,20,21). The summed E-state index contributed by atoms with van der Waals surface area (Å²) in [5, 5.41) is 3.17. The summed E-state index contributed by atoms with van der Waals surface area (Å²) < 4.78 is 5.69. The first-order chi connectivity index (χ1) is 10.5. The minimum Gasteiger partial charge on any atom is -0.374 e. The number of nitrogens with one attached hydrogen (secondary N) is 1. The van der Waals surface area contributed by atoms with Gasteiger partial charge in [-0.05, 0) is 37.0 Å². The van der Waals surface area contributed by atoms with Gasteiger partial charge >= 0.3 is 0 Å². The lowest BCUT2D eigenvalue weighted by Crippen LogP contribution is -2.26. The second kappa shape index (κ2) is 7.45. The van der Waals surface area contributed by atoms with E-state index in [4.69, 9.17) is 10.5 Å². The number of anilines is 1. The van der Waals surface area contributed by atoms with Gasteiger partial charge in [0, 0.05) is 24.8 Å². The Kier molecular flexibility index (Phi) is 5.61. The van der Waals surface area contributed by atoms with Gasteiger partial charge < -0.3 is 15.8 Å². The molecule has 1 saturated heterocycles. The van der Waals surface area contributed by atoms with Crippen molar-refractivity contribution in [1.29, 1.82) is 0 Å². The molecule has 2 rings (SSSR count). The van der Waals surface area contributed by atoms with Gasteiger partial charge in [-0.1, -0.05) is 38.1 Å². The van der Waals surface area contributed by atoms with Crippen molar-refractivity contribution in [3.63, 3.8) is 0 Å². The maximum atomic E-state index is 6.01. The molecule has 1 aromatic carbocycles. The third kappa shape index (κ3) is 4.34. The van der Waals surface area contributed by atoms with Crippen LogP contribution in [0.5, 0.6) is 0 Å². The van der Waals surface area contributed by atoms with Crippen LogP contribution in [0.15, 0.2) is 41.4 Å². The highest BCUT2D eigenvalue weighted by atomic mass is 16.5. The molecule has 22 heavy (non-hydrogen) atoms. The van der Waals surface area contributed by atoms with E-state index in [0.717, 1.165) is 24.3 Å². The van der Waals surface area contributed by atoms with Crippen molar-refractivity contribution in [1.82, 2.24) is 0 Å². The molecule has 0 aliphatic carbocycles. The smallest absolute Gasteiger partial charge is 0.193 e. The van der Waals surface area contributed by atoms with Crippen molar-refractivity contribution in [3.05, 3.63) is 42.0 Å². The molecule has 1 aliphatic heterocycles. The van der Waals surface area contributed by atoms with E-state index in [1.165, 1.54) is 5.56 Å². The lowest BCUT2D eigenvalue weighted by atomic mass is 9.97. The molecule has 2 unspecified atom stereocenters. The van der Waals surface area contributed by atoms with Crippen molar-refractivity contribution in [3.8, 4) is 0 Å². The normalized spacial score (nSPS) is 22.1. The summed E-state index contributed by atoms with van der Waals surface area (Å²) in [6.07, 6.45) is 1.12. The van der Waals surface area contributed by atoms with Gasteiger partial charge in [0.15, 0.2) is 5.96 Å². The van der Waals surface area contributed by atoms with Crippen LogP contribution in [0.4, 0.5) is 5.69 Å². The van der Waals surface area contributed by atoms with Gasteiger partial charge in [0.2, 0.25) is 0 Å². The molecular formula is C18H27N3O. The van der Waals surface area contributed by atoms with E-state index < -0.39 is 0 Å². The first-order valence-corrected chi connectivity index (χ1v) is 7.91. The minimum atomic E-state index is 0.112. The Morgan fingerprint density at radius 2 is 2.27 bits per heavy atom. The molecule has 1 heterocycles. The highest BCUT2D eigenvalue weighted by Crippen LogP contribution is 2.26. The third-order valence-corrected chi connectivity index (χ3v) is 4.02. The maximum absolute atomic E-state index is 6.01. The van der Waals surface area contributed by atoms with Crippen LogP contribution in [0.2, 0.25) is 0 Å². The van der Waals surface area contributed by atoms with Crippen LogP contribution in [-0.4, -0.2) is 25.2 Å². The van der Waals surface area contributed by atoms with Crippen molar-refractivity contribution >= 4 is 11.6 Å². The first-order valence-electron chi connectivity index (χ1n) is 7.91. The number of hydrogen-bond acceptors (Lipinski definition) is 2. The van der Waals surface area contributed by atoms with Gasteiger partial charge in [0.1, 0.15) is 0 Å². The van der Waals surface area contributed by atoms with Crippen molar-refractivity contribution < 1.29 is 4.74 Å². The summed E-state index contributed by atoms with van der Waals surface area (Å²) in [7, 11) is 0. The van der Waals surface area contributed by atoms with E-state index in [1.807, 2.05) is 19.1 Å². The fraction of sp³-hybridized carbons (Fsp3) is 0.500. The van der Waals surface area contributed by atoms with Gasteiger partial charge in [-0.25, -0.2) is 0 Å². The number of hydrogen-bond donors (Lipinski definition) is 2. The molecule has 0 bridgehead atoms. The molecule has 3 N–H and O–H groups in total. The summed E-state index contributed by atoms with van der Waals surface area (Å²) >= 11 is 0. The molecule has 4 heteroatoms. The van der Waals surface area contributed by atoms with Crippen molar-refractivity contribution in [2.45, 2.75) is 39.2 Å². The molecule has 0 saturated carbocycles. The Morgan fingerprint density at radius 1 is 1.50 bits per heavy atom. The summed E-state index contributed by atoms with van der Waals surface area (Å²) in [6, 6.07) is 8.27. The minimum absolute atomic E-state index is 0.112. The zero-order chi connectivity index (χ0) is 16.1. The molecule has 120 valence electrons. The predicted molar refractivity (Wildman–Crippen MR) is 93.3 cm³/mol. The van der Waals surface area contributed by atoms with Crippen molar-refractivity contribution in [2.24, 2.45) is 16.6 Å². The molecule has 0 radical (unpaired) electrons. The second-order valence-electron chi connectivity index (χ2n) is 6.32. The molecule has 4 nitrogen and oxygen atoms in total. The van der Waals surface area contributed by atoms with Gasteiger partial charge in [-0.2, -0.15) is 0 Å². The quantitative estimate of drug-likeness (QED) is 0.497. The van der Waals surface area contributed by atoms with Gasteiger partial charge in [0.05, 0.1) is 6.10 Å². The van der Waals surface area contributed by atoms with Crippen molar-refractivity contribution in [2.75, 3.05) is 18.5 Å². The van der Waals surface area contributed by atoms with Crippen LogP contribution in [-0.2, 0) is 4.74 Å². The lowest BCUT2D eigenvalue weighted by molar-refractivity contribution is 0.120. The van der Waals surface area contributed by atoms with Crippen LogP contribution in [0.1, 0.15) is 38.7 Å². The van der Waals surface area contributed by atoms with E-state index in [2.05, 4.69) is 42.9 Å². The molecule has 1 aliphatic rings. The van der Waals surface area contributed by atoms with Gasteiger partial charge in [0.25, 0.3) is 0 Å². The number of guanidine groups is 1. The highest BCUT2D eigenvalue weighted by molar-refractivity contribution is 5.92. The van der Waals surface area contributed by atoms with Crippen LogP contribution in [0.25, 0.3) is 0 Å². The Hall–Kier alpha value is -1.81. The lowest BCUT2D eigenvalue weighted by Gasteiger charge is -2.17. The number of benzene rings is 1. The summed E-state index contributed by atoms with van der Waals surface area (Å²) in [6.45, 7) is 11.8. The molecule has 0 amide bonds. The molecule has 0 aromatic heterocycles. The maximum Gasteiger partial charge on any atom is 0.193 e. The second-order valence-corrected chi connectivity index (χ2v) is 6.32. The Morgan fingerprint density at radius 3 is 2.95 bits per heavy atom. The average Bonchev–Trinajstić information content (AvgIpc) is 2.94. The molecule has 2 atom stereocenters. The van der Waals surface area contributed by atoms with E-state index in [0.29, 0.717) is 24.3 Å². The van der Waals surface area contributed by atoms with Crippen LogP contribution < -0.4 is 11.1 Å². The topological polar surface area (TPSA) is 59.6 Å². The van der Waals surface area contributed by atoms with Crippen LogP contribution in [0, 0.1) is 5.92 Å². The number of ether oxygens (including phenoxy) is 1. The average molecular weight is 301 g/mol. The van der Waals surface area contributed by atoms with E-state index in [-0.39, 0.29) is 6.10 Å². The zero-order valence-electron chi connectivity index (χ0n) is 13.8. The highest BCUT2D eigenvalue weighted by Gasteiger charge is 2.28. The fourth-order valence-corrected chi connectivity index (χ4v) is 2.74. The Bertz CT molecular complexity index is 551. The molecule has 1 aromatic rings. The van der Waals surface area contributed by atoms with Gasteiger partial charge in [-0.15, -0.1) is 0 Å². The summed E-state index contributed by atoms with van der Waals surface area (Å²) in [4.78, 5) is 4.47. The Labute approximate surface area is 133 Å². The first kappa shape index (κ1) is 16.6. The molecule has 0 spiro atoms.